The van der Waals surface area contributed by atoms with E-state index in [0.717, 1.165) is 0 Å². The lowest BCUT2D eigenvalue weighted by atomic mass is 10.7. The zero-order chi connectivity index (χ0) is 6.57. The first-order valence-electron chi connectivity index (χ1n) is 2.16. The van der Waals surface area contributed by atoms with Crippen LogP contribution in [0.4, 0.5) is 0 Å². The summed E-state index contributed by atoms with van der Waals surface area (Å²) in [6, 6.07) is 0. The van der Waals surface area contributed by atoms with Gasteiger partial charge in [-0.25, -0.2) is 0 Å². The van der Waals surface area contributed by atoms with Gasteiger partial charge in [0.2, 0.25) is 0 Å². The summed E-state index contributed by atoms with van der Waals surface area (Å²) in [5, 5.41) is 6.04. The van der Waals surface area contributed by atoms with Crippen molar-refractivity contribution in [2.24, 2.45) is 0 Å². The molecule has 0 bridgehead atoms. The van der Waals surface area contributed by atoms with Gasteiger partial charge in [-0.05, 0) is 19.1 Å². The molecule has 4 heteroatoms. The van der Waals surface area contributed by atoms with Gasteiger partial charge in [0.15, 0.2) is 5.11 Å². The number of thiocarbonyl (C=S) groups is 2. The van der Waals surface area contributed by atoms with Crippen molar-refractivity contribution in [3.63, 3.8) is 0 Å². The molecule has 0 aliphatic heterocycles. The molecule has 0 aromatic heterocycles. The lowest BCUT2D eigenvalue weighted by Crippen LogP contribution is -2.34. The van der Waals surface area contributed by atoms with Gasteiger partial charge in [-0.3, -0.25) is 0 Å². The molecule has 0 saturated heterocycles. The number of hydrogen-bond donors (Lipinski definition) is 2. The normalized spacial score (nSPS) is 7.75. The summed E-state index contributed by atoms with van der Waals surface area (Å²) in [6.07, 6.45) is 0. The van der Waals surface area contributed by atoms with Crippen LogP contribution in [-0.4, -0.2) is 17.1 Å². The monoisotopic (exact) mass is 148 g/mol. The van der Waals surface area contributed by atoms with E-state index in [2.05, 4.69) is 10.6 Å². The molecule has 0 amide bonds. The molecule has 0 unspecified atom stereocenters. The fraction of sp³-hybridized carbons (Fsp3) is 0.500. The number of hydrogen-bond acceptors (Lipinski definition) is 2. The Morgan fingerprint density at radius 3 is 2.00 bits per heavy atom. The summed E-state index contributed by atoms with van der Waals surface area (Å²) in [6.45, 7) is 1.78. The van der Waals surface area contributed by atoms with Crippen LogP contribution in [0.5, 0.6) is 0 Å². The van der Waals surface area contributed by atoms with E-state index in [-0.39, 0.29) is 0 Å². The van der Waals surface area contributed by atoms with Gasteiger partial charge >= 0.3 is 0 Å². The Bertz CT molecular complexity index is 111. The highest BCUT2D eigenvalue weighted by Crippen LogP contribution is 1.67. The van der Waals surface area contributed by atoms with E-state index < -0.39 is 0 Å². The van der Waals surface area contributed by atoms with Crippen molar-refractivity contribution in [3.05, 3.63) is 0 Å². The lowest BCUT2D eigenvalue weighted by molar-refractivity contribution is 1.14. The van der Waals surface area contributed by atoms with Crippen LogP contribution in [0, 0.1) is 0 Å². The third kappa shape index (κ3) is 3.95. The zero-order valence-electron chi connectivity index (χ0n) is 4.82. The Labute approximate surface area is 59.7 Å². The summed E-state index contributed by atoms with van der Waals surface area (Å²) in [7, 11) is 1.74. The SMILES string of the molecule is CNC(=S)NC(C)=S. The molecule has 2 N–H and O–H groups in total. The Kier molecular flexibility index (Phi) is 3.64. The molecule has 0 heterocycles. The summed E-state index contributed by atoms with van der Waals surface area (Å²) < 4.78 is 0. The molecule has 0 radical (unpaired) electrons. The van der Waals surface area contributed by atoms with E-state index in [9.17, 15) is 0 Å². The topological polar surface area (TPSA) is 24.1 Å². The Morgan fingerprint density at radius 1 is 1.38 bits per heavy atom. The first-order valence-corrected chi connectivity index (χ1v) is 2.97. The quantitative estimate of drug-likeness (QED) is 0.486. The van der Waals surface area contributed by atoms with Crippen molar-refractivity contribution in [2.45, 2.75) is 6.92 Å². The van der Waals surface area contributed by atoms with E-state index in [1.54, 1.807) is 14.0 Å². The lowest BCUT2D eigenvalue weighted by Gasteiger charge is -2.01. The maximum Gasteiger partial charge on any atom is 0.170 e. The second-order valence-electron chi connectivity index (χ2n) is 1.26. The smallest absolute Gasteiger partial charge is 0.170 e. The maximum absolute atomic E-state index is 4.72. The third-order valence-corrected chi connectivity index (χ3v) is 0.925. The van der Waals surface area contributed by atoms with Crippen molar-refractivity contribution < 1.29 is 0 Å². The first-order chi connectivity index (χ1) is 3.66. The van der Waals surface area contributed by atoms with Crippen LogP contribution >= 0.6 is 24.4 Å². The van der Waals surface area contributed by atoms with Crippen LogP contribution in [-0.2, 0) is 0 Å². The second-order valence-corrected chi connectivity index (χ2v) is 2.28. The average Bonchev–Trinajstić information content (AvgIpc) is 1.65. The van der Waals surface area contributed by atoms with E-state index in [1.165, 1.54) is 0 Å². The molecule has 0 aliphatic rings. The van der Waals surface area contributed by atoms with E-state index in [1.807, 2.05) is 0 Å². The average molecular weight is 148 g/mol. The minimum absolute atomic E-state index is 0.567. The zero-order valence-corrected chi connectivity index (χ0v) is 6.45. The fourth-order valence-corrected chi connectivity index (χ4v) is 0.542. The van der Waals surface area contributed by atoms with E-state index in [0.29, 0.717) is 10.1 Å². The highest BCUT2D eigenvalue weighted by molar-refractivity contribution is 7.81. The molecule has 8 heavy (non-hydrogen) atoms. The van der Waals surface area contributed by atoms with E-state index >= 15 is 0 Å². The minimum Gasteiger partial charge on any atom is -0.366 e. The van der Waals surface area contributed by atoms with Crippen LogP contribution in [0.25, 0.3) is 0 Å². The highest BCUT2D eigenvalue weighted by Gasteiger charge is 1.87. The molecule has 0 atom stereocenters. The molecule has 0 aliphatic carbocycles. The molecular weight excluding hydrogens is 140 g/mol. The Hall–Kier alpha value is -0.220. The highest BCUT2D eigenvalue weighted by atomic mass is 32.1. The van der Waals surface area contributed by atoms with Crippen LogP contribution in [0.2, 0.25) is 0 Å². The second kappa shape index (κ2) is 3.74. The summed E-state index contributed by atoms with van der Waals surface area (Å²) in [5.41, 5.74) is 0. The molecule has 0 saturated carbocycles. The van der Waals surface area contributed by atoms with Crippen molar-refractivity contribution >= 4 is 34.5 Å². The van der Waals surface area contributed by atoms with Gasteiger partial charge in [0.1, 0.15) is 0 Å². The molecule has 46 valence electrons. The van der Waals surface area contributed by atoms with Gasteiger partial charge in [0.05, 0.1) is 4.99 Å². The number of nitrogens with one attached hydrogen (secondary N) is 2. The standard InChI is InChI=1S/C4H8N2S2/c1-3(7)6-4(8)5-2/h1-2H3,(H2,5,6,7,8). The molecular formula is C4H8N2S2. The fourth-order valence-electron chi connectivity index (χ4n) is 0.222. The Balaban J connectivity index is 3.40. The van der Waals surface area contributed by atoms with E-state index in [4.69, 9.17) is 24.4 Å². The van der Waals surface area contributed by atoms with Gasteiger partial charge < -0.3 is 10.6 Å². The summed E-state index contributed by atoms with van der Waals surface area (Å²) >= 11 is 9.42. The van der Waals surface area contributed by atoms with Gasteiger partial charge in [-0.2, -0.15) is 0 Å². The van der Waals surface area contributed by atoms with Crippen molar-refractivity contribution in [1.29, 1.82) is 0 Å². The van der Waals surface area contributed by atoms with Gasteiger partial charge in [-0.1, -0.05) is 12.2 Å². The third-order valence-electron chi connectivity index (χ3n) is 0.517. The van der Waals surface area contributed by atoms with Crippen LogP contribution in [0.3, 0.4) is 0 Å². The minimum atomic E-state index is 0.567. The summed E-state index contributed by atoms with van der Waals surface area (Å²) in [5.74, 6) is 0. The molecule has 2 nitrogen and oxygen atoms in total. The van der Waals surface area contributed by atoms with Crippen LogP contribution in [0.1, 0.15) is 6.92 Å². The number of rotatable bonds is 0. The van der Waals surface area contributed by atoms with Crippen molar-refractivity contribution in [3.8, 4) is 0 Å². The molecule has 0 fully saturated rings. The van der Waals surface area contributed by atoms with Gasteiger partial charge in [-0.15, -0.1) is 0 Å². The van der Waals surface area contributed by atoms with Crippen molar-refractivity contribution in [1.82, 2.24) is 10.6 Å². The molecule has 0 aromatic rings. The first kappa shape index (κ1) is 7.78. The predicted molar refractivity (Wildman–Crippen MR) is 43.1 cm³/mol. The molecule has 0 rings (SSSR count). The molecule has 0 spiro atoms. The predicted octanol–water partition coefficient (Wildman–Crippen LogP) is 0.428. The maximum atomic E-state index is 4.72. The van der Waals surface area contributed by atoms with Gasteiger partial charge in [0, 0.05) is 7.05 Å². The van der Waals surface area contributed by atoms with Crippen LogP contribution < -0.4 is 10.6 Å². The molecule has 0 aromatic carbocycles. The Morgan fingerprint density at radius 2 is 1.88 bits per heavy atom. The largest absolute Gasteiger partial charge is 0.366 e. The van der Waals surface area contributed by atoms with Crippen LogP contribution in [0.15, 0.2) is 0 Å². The summed E-state index contributed by atoms with van der Waals surface area (Å²) in [4.78, 5) is 0.685. The van der Waals surface area contributed by atoms with Gasteiger partial charge in [0.25, 0.3) is 0 Å². The van der Waals surface area contributed by atoms with Crippen molar-refractivity contribution in [2.75, 3.05) is 7.05 Å².